The molecular weight excluding hydrogens is 508 g/mol. The molecule has 0 radical (unpaired) electrons. The maximum atomic E-state index is 13.8. The van der Waals surface area contributed by atoms with Crippen LogP contribution in [-0.4, -0.2) is 62.2 Å². The molecule has 208 valence electrons. The van der Waals surface area contributed by atoms with Gasteiger partial charge in [0, 0.05) is 37.5 Å². The summed E-state index contributed by atoms with van der Waals surface area (Å²) in [5, 5.41) is 5.71. The Morgan fingerprint density at radius 2 is 1.68 bits per heavy atom. The number of nitrogens with zero attached hydrogens (tertiary/aromatic N) is 2. The zero-order valence-electron chi connectivity index (χ0n) is 22.7. The van der Waals surface area contributed by atoms with Gasteiger partial charge < -0.3 is 25.0 Å². The van der Waals surface area contributed by atoms with Gasteiger partial charge in [-0.05, 0) is 53.9 Å². The topological polar surface area (TPSA) is 100 Å². The molecule has 4 amide bonds. The molecule has 3 aromatic rings. The first-order valence-electron chi connectivity index (χ1n) is 13.5. The monoisotopic (exact) mass is 542 g/mol. The molecule has 0 saturated carbocycles. The van der Waals surface area contributed by atoms with Crippen LogP contribution in [0.2, 0.25) is 0 Å². The van der Waals surface area contributed by atoms with Gasteiger partial charge in [0.1, 0.15) is 24.4 Å². The predicted octanol–water partition coefficient (Wildman–Crippen LogP) is 4.33. The van der Waals surface area contributed by atoms with E-state index in [4.69, 9.17) is 9.47 Å². The summed E-state index contributed by atoms with van der Waals surface area (Å²) in [6, 6.07) is 21.4. The smallest absolute Gasteiger partial charge is 0.325 e. The fourth-order valence-corrected chi connectivity index (χ4v) is 5.04. The lowest BCUT2D eigenvalue weighted by molar-refractivity contribution is -0.134. The average Bonchev–Trinajstić information content (AvgIpc) is 3.23. The number of hydrogen-bond acceptors (Lipinski definition) is 6. The van der Waals surface area contributed by atoms with Gasteiger partial charge in [0.15, 0.2) is 0 Å². The van der Waals surface area contributed by atoms with Crippen LogP contribution < -0.4 is 20.3 Å². The molecule has 0 aliphatic carbocycles. The van der Waals surface area contributed by atoms with Crippen LogP contribution in [0.25, 0.3) is 0 Å². The zero-order valence-corrected chi connectivity index (χ0v) is 22.7. The Hall–Kier alpha value is -4.37. The van der Waals surface area contributed by atoms with E-state index >= 15 is 0 Å². The Balaban J connectivity index is 1.37. The number of hydrogen-bond donors (Lipinski definition) is 2. The molecule has 3 aromatic carbocycles. The summed E-state index contributed by atoms with van der Waals surface area (Å²) in [5.41, 5.74) is 3.16. The molecule has 1 unspecified atom stereocenters. The molecule has 2 N–H and O–H groups in total. The van der Waals surface area contributed by atoms with Crippen LogP contribution in [0, 0.1) is 0 Å². The summed E-state index contributed by atoms with van der Waals surface area (Å²) >= 11 is 0. The number of methoxy groups -OCH3 is 1. The first kappa shape index (κ1) is 27.2. The van der Waals surface area contributed by atoms with Crippen molar-refractivity contribution in [2.45, 2.75) is 31.3 Å². The fourth-order valence-electron chi connectivity index (χ4n) is 5.04. The van der Waals surface area contributed by atoms with E-state index in [1.165, 1.54) is 6.42 Å². The Bertz CT molecular complexity index is 1330. The minimum atomic E-state index is -1.06. The molecule has 2 fully saturated rings. The van der Waals surface area contributed by atoms with Gasteiger partial charge in [-0.2, -0.15) is 0 Å². The van der Waals surface area contributed by atoms with Crippen LogP contribution in [0.5, 0.6) is 5.75 Å². The van der Waals surface area contributed by atoms with Crippen LogP contribution in [0.4, 0.5) is 16.2 Å². The third-order valence-corrected chi connectivity index (χ3v) is 7.44. The molecule has 0 aromatic heterocycles. The molecule has 0 bridgehead atoms. The Morgan fingerprint density at radius 3 is 2.30 bits per heavy atom. The van der Waals surface area contributed by atoms with E-state index < -0.39 is 35.8 Å². The second kappa shape index (κ2) is 12.2. The molecule has 9 heteroatoms. The van der Waals surface area contributed by atoms with Crippen molar-refractivity contribution in [2.75, 3.05) is 43.6 Å². The van der Waals surface area contributed by atoms with Gasteiger partial charge in [0.25, 0.3) is 5.91 Å². The molecule has 9 nitrogen and oxygen atoms in total. The van der Waals surface area contributed by atoms with Gasteiger partial charge in [-0.1, -0.05) is 49.4 Å². The maximum absolute atomic E-state index is 13.8. The van der Waals surface area contributed by atoms with Gasteiger partial charge >= 0.3 is 6.03 Å². The van der Waals surface area contributed by atoms with E-state index in [2.05, 4.69) is 15.5 Å². The number of imide groups is 1. The van der Waals surface area contributed by atoms with Crippen LogP contribution in [-0.2, 0) is 14.3 Å². The molecule has 0 spiro atoms. The number of anilines is 2. The second-order valence-electron chi connectivity index (χ2n) is 10.0. The van der Waals surface area contributed by atoms with E-state index in [1.54, 1.807) is 31.4 Å². The van der Waals surface area contributed by atoms with Crippen molar-refractivity contribution in [3.63, 3.8) is 0 Å². The summed E-state index contributed by atoms with van der Waals surface area (Å²) in [6.07, 6.45) is 1.18. The number of carbonyl (C=O) groups excluding carboxylic acids is 3. The van der Waals surface area contributed by atoms with Crippen molar-refractivity contribution in [3.8, 4) is 5.75 Å². The third kappa shape index (κ3) is 5.79. The highest BCUT2D eigenvalue weighted by molar-refractivity contribution is 6.10. The number of urea groups is 1. The van der Waals surface area contributed by atoms with E-state index in [-0.39, 0.29) is 0 Å². The number of rotatable bonds is 11. The molecule has 2 aliphatic heterocycles. The number of amides is 4. The minimum absolute atomic E-state index is 0.401. The second-order valence-corrected chi connectivity index (χ2v) is 10.0. The number of benzene rings is 3. The Kier molecular flexibility index (Phi) is 8.31. The van der Waals surface area contributed by atoms with Gasteiger partial charge in [-0.3, -0.25) is 9.59 Å². The summed E-state index contributed by atoms with van der Waals surface area (Å²) in [5.74, 6) is -0.732. The van der Waals surface area contributed by atoms with Crippen LogP contribution in [0.1, 0.15) is 36.4 Å². The summed E-state index contributed by atoms with van der Waals surface area (Å²) < 4.78 is 10.6. The van der Waals surface area contributed by atoms with Gasteiger partial charge in [0.2, 0.25) is 5.91 Å². The standard InChI is InChI=1S/C31H34N4O5/c1-21(22-7-4-3-5-8-22)28(29(36)32-24-11-13-25(14-12-24)34-17-6-18-34)35-30(37)27(33-31(35)38)23-9-15-26(16-10-23)40-20-19-39-2/h3-5,7-16,21,27-28H,6,17-20H2,1-2H3,(H,32,36)(H,33,38)/t21-,27+,28?/m0/s1. The van der Waals surface area contributed by atoms with Crippen LogP contribution in [0.3, 0.4) is 0 Å². The van der Waals surface area contributed by atoms with E-state index in [1.807, 2.05) is 61.5 Å². The SMILES string of the molecule is COCCOc1ccc([C@H]2NC(=O)N(C(C(=O)Nc3ccc(N4CCC4)cc3)[C@@H](C)c3ccccc3)C2=O)cc1. The Morgan fingerprint density at radius 1 is 0.975 bits per heavy atom. The first-order valence-corrected chi connectivity index (χ1v) is 13.5. The quantitative estimate of drug-likeness (QED) is 0.277. The highest BCUT2D eigenvalue weighted by Gasteiger charge is 2.47. The van der Waals surface area contributed by atoms with Crippen LogP contribution >= 0.6 is 0 Å². The average molecular weight is 543 g/mol. The molecule has 3 atom stereocenters. The highest BCUT2D eigenvalue weighted by atomic mass is 16.5. The summed E-state index contributed by atoms with van der Waals surface area (Å²) in [7, 11) is 1.60. The molecule has 40 heavy (non-hydrogen) atoms. The van der Waals surface area contributed by atoms with Crippen molar-refractivity contribution in [1.82, 2.24) is 10.2 Å². The van der Waals surface area contributed by atoms with E-state index in [0.29, 0.717) is 30.2 Å². The van der Waals surface area contributed by atoms with Crippen molar-refractivity contribution < 1.29 is 23.9 Å². The molecule has 5 rings (SSSR count). The zero-order chi connectivity index (χ0) is 28.1. The fraction of sp³-hybridized carbons (Fsp3) is 0.323. The predicted molar refractivity (Wildman–Crippen MR) is 152 cm³/mol. The lowest BCUT2D eigenvalue weighted by atomic mass is 9.91. The normalized spacial score (nSPS) is 18.1. The van der Waals surface area contributed by atoms with Gasteiger partial charge in [-0.15, -0.1) is 0 Å². The number of ether oxygens (including phenoxy) is 2. The molecule has 2 aliphatic rings. The minimum Gasteiger partial charge on any atom is -0.491 e. The summed E-state index contributed by atoms with van der Waals surface area (Å²) in [4.78, 5) is 44.1. The van der Waals surface area contributed by atoms with Gasteiger partial charge in [-0.25, -0.2) is 9.69 Å². The van der Waals surface area contributed by atoms with Crippen molar-refractivity contribution in [3.05, 3.63) is 90.0 Å². The van der Waals surface area contributed by atoms with Crippen molar-refractivity contribution in [2.24, 2.45) is 0 Å². The van der Waals surface area contributed by atoms with Crippen LogP contribution in [0.15, 0.2) is 78.9 Å². The number of nitrogens with one attached hydrogen (secondary N) is 2. The third-order valence-electron chi connectivity index (χ3n) is 7.44. The molecular formula is C31H34N4O5. The Labute approximate surface area is 234 Å². The van der Waals surface area contributed by atoms with E-state index in [9.17, 15) is 14.4 Å². The molecule has 2 heterocycles. The summed E-state index contributed by atoms with van der Waals surface area (Å²) in [6.45, 7) is 4.77. The lowest BCUT2D eigenvalue weighted by Gasteiger charge is -2.33. The van der Waals surface area contributed by atoms with Crippen molar-refractivity contribution >= 4 is 29.2 Å². The first-order chi connectivity index (χ1) is 19.5. The van der Waals surface area contributed by atoms with Crippen molar-refractivity contribution in [1.29, 1.82) is 0 Å². The molecule has 2 saturated heterocycles. The lowest BCUT2D eigenvalue weighted by Crippen LogP contribution is -2.50. The maximum Gasteiger partial charge on any atom is 0.325 e. The van der Waals surface area contributed by atoms with Gasteiger partial charge in [0.05, 0.1) is 6.61 Å². The number of carbonyl (C=O) groups is 3. The largest absolute Gasteiger partial charge is 0.491 e. The van der Waals surface area contributed by atoms with E-state index in [0.717, 1.165) is 29.2 Å². The highest BCUT2D eigenvalue weighted by Crippen LogP contribution is 2.32.